The summed E-state index contributed by atoms with van der Waals surface area (Å²) in [6.45, 7) is -0.0482. The number of hydrogen-bond acceptors (Lipinski definition) is 4. The Kier molecular flexibility index (Phi) is 4.22. The van der Waals surface area contributed by atoms with Crippen molar-refractivity contribution in [3.8, 4) is 0 Å². The van der Waals surface area contributed by atoms with Gasteiger partial charge in [-0.15, -0.1) is 0 Å². The number of benzene rings is 2. The fourth-order valence-electron chi connectivity index (χ4n) is 1.78. The van der Waals surface area contributed by atoms with Crippen LogP contribution >= 0.6 is 0 Å². The van der Waals surface area contributed by atoms with Gasteiger partial charge in [-0.1, -0.05) is 6.07 Å². The van der Waals surface area contributed by atoms with Crippen LogP contribution in [-0.2, 0) is 6.54 Å². The molecule has 0 amide bonds. The Morgan fingerprint density at radius 2 is 1.95 bits per heavy atom. The smallest absolute Gasteiger partial charge is 0.293 e. The van der Waals surface area contributed by atoms with E-state index in [-0.39, 0.29) is 29.0 Å². The number of halogens is 2. The van der Waals surface area contributed by atoms with Crippen molar-refractivity contribution in [3.05, 3.63) is 69.3 Å². The minimum absolute atomic E-state index is 0.0482. The molecule has 0 bridgehead atoms. The number of nitrogens with zero attached hydrogens (tertiary/aromatic N) is 1. The van der Waals surface area contributed by atoms with E-state index in [9.17, 15) is 23.7 Å². The van der Waals surface area contributed by atoms with E-state index >= 15 is 0 Å². The summed E-state index contributed by atoms with van der Waals surface area (Å²) in [4.78, 5) is 20.9. The monoisotopic (exact) mass is 292 g/mol. The third-order valence-electron chi connectivity index (χ3n) is 2.84. The highest BCUT2D eigenvalue weighted by atomic mass is 19.1. The van der Waals surface area contributed by atoms with E-state index in [2.05, 4.69) is 5.32 Å². The molecule has 0 radical (unpaired) electrons. The van der Waals surface area contributed by atoms with E-state index < -0.39 is 16.6 Å². The second-order valence-electron chi connectivity index (χ2n) is 4.24. The molecule has 2 aromatic carbocycles. The first-order valence-electron chi connectivity index (χ1n) is 5.92. The molecule has 0 saturated heterocycles. The van der Waals surface area contributed by atoms with Gasteiger partial charge in [0, 0.05) is 29.8 Å². The van der Waals surface area contributed by atoms with Gasteiger partial charge in [0.1, 0.15) is 23.6 Å². The van der Waals surface area contributed by atoms with E-state index in [1.807, 2.05) is 0 Å². The van der Waals surface area contributed by atoms with Gasteiger partial charge < -0.3 is 5.32 Å². The number of carbonyl (C=O) groups is 1. The molecule has 5 nitrogen and oxygen atoms in total. The molecule has 0 atom stereocenters. The van der Waals surface area contributed by atoms with Crippen molar-refractivity contribution in [1.29, 1.82) is 0 Å². The summed E-state index contributed by atoms with van der Waals surface area (Å²) in [6, 6.07) is 6.98. The Hall–Kier alpha value is -2.83. The molecule has 0 aliphatic carbocycles. The molecule has 1 N–H and O–H groups in total. The summed E-state index contributed by atoms with van der Waals surface area (Å²) >= 11 is 0. The lowest BCUT2D eigenvalue weighted by molar-refractivity contribution is -0.384. The van der Waals surface area contributed by atoms with E-state index in [0.29, 0.717) is 6.29 Å². The van der Waals surface area contributed by atoms with Crippen LogP contribution in [0.3, 0.4) is 0 Å². The van der Waals surface area contributed by atoms with Crippen LogP contribution in [0, 0.1) is 21.7 Å². The Bertz CT molecular complexity index is 705. The normalized spacial score (nSPS) is 10.2. The van der Waals surface area contributed by atoms with Gasteiger partial charge in [0.15, 0.2) is 0 Å². The van der Waals surface area contributed by atoms with Crippen LogP contribution in [0.5, 0.6) is 0 Å². The third-order valence-corrected chi connectivity index (χ3v) is 2.84. The first kappa shape index (κ1) is 14.6. The van der Waals surface area contributed by atoms with Crippen LogP contribution in [0.15, 0.2) is 36.4 Å². The lowest BCUT2D eigenvalue weighted by Gasteiger charge is -2.08. The molecule has 7 heteroatoms. The van der Waals surface area contributed by atoms with Crippen molar-refractivity contribution in [3.63, 3.8) is 0 Å². The Balaban J connectivity index is 2.23. The lowest BCUT2D eigenvalue weighted by Crippen LogP contribution is -2.05. The van der Waals surface area contributed by atoms with Gasteiger partial charge in [-0.2, -0.15) is 0 Å². The summed E-state index contributed by atoms with van der Waals surface area (Å²) in [7, 11) is 0. The number of nitro benzene ring substituents is 1. The maximum absolute atomic E-state index is 13.5. The zero-order chi connectivity index (χ0) is 15.4. The molecule has 2 aromatic rings. The fraction of sp³-hybridized carbons (Fsp3) is 0.0714. The number of carbonyl (C=O) groups excluding carboxylic acids is 1. The Labute approximate surface area is 118 Å². The molecule has 0 unspecified atom stereocenters. The van der Waals surface area contributed by atoms with Crippen LogP contribution in [0.2, 0.25) is 0 Å². The summed E-state index contributed by atoms with van der Waals surface area (Å²) in [5.74, 6) is -1.44. The standard InChI is InChI=1S/C14H10F2N2O3/c15-11-3-2-10(12(16)6-11)7-17-13-4-1-9(8-19)5-14(13)18(20)21/h1-6,8,17H,7H2. The van der Waals surface area contributed by atoms with Crippen LogP contribution in [0.25, 0.3) is 0 Å². The van der Waals surface area contributed by atoms with Gasteiger partial charge in [0.05, 0.1) is 4.92 Å². The van der Waals surface area contributed by atoms with Gasteiger partial charge in [-0.3, -0.25) is 14.9 Å². The number of anilines is 1. The molecular formula is C14H10F2N2O3. The number of aldehydes is 1. The van der Waals surface area contributed by atoms with Crippen LogP contribution in [0.4, 0.5) is 20.2 Å². The SMILES string of the molecule is O=Cc1ccc(NCc2ccc(F)cc2F)c([N+](=O)[O-])c1. The molecule has 0 spiro atoms. The Morgan fingerprint density at radius 1 is 1.19 bits per heavy atom. The summed E-state index contributed by atoms with van der Waals surface area (Å²) in [5, 5.41) is 13.6. The number of hydrogen-bond donors (Lipinski definition) is 1. The topological polar surface area (TPSA) is 72.2 Å². The molecule has 0 aromatic heterocycles. The van der Waals surface area contributed by atoms with Crippen LogP contribution < -0.4 is 5.32 Å². The maximum Gasteiger partial charge on any atom is 0.293 e. The van der Waals surface area contributed by atoms with Crippen molar-refractivity contribution >= 4 is 17.7 Å². The number of nitro groups is 1. The lowest BCUT2D eigenvalue weighted by atomic mass is 10.1. The molecular weight excluding hydrogens is 282 g/mol. The maximum atomic E-state index is 13.5. The minimum Gasteiger partial charge on any atom is -0.375 e. The molecule has 0 saturated carbocycles. The van der Waals surface area contributed by atoms with Gasteiger partial charge >= 0.3 is 0 Å². The predicted octanol–water partition coefficient (Wildman–Crippen LogP) is 3.30. The van der Waals surface area contributed by atoms with E-state index in [1.54, 1.807) is 0 Å². The van der Waals surface area contributed by atoms with E-state index in [1.165, 1.54) is 18.2 Å². The van der Waals surface area contributed by atoms with Gasteiger partial charge in [0.25, 0.3) is 5.69 Å². The zero-order valence-electron chi connectivity index (χ0n) is 10.7. The highest BCUT2D eigenvalue weighted by molar-refractivity contribution is 5.79. The van der Waals surface area contributed by atoms with Gasteiger partial charge in [-0.05, 0) is 18.2 Å². The molecule has 0 fully saturated rings. The highest BCUT2D eigenvalue weighted by Crippen LogP contribution is 2.25. The van der Waals surface area contributed by atoms with E-state index in [4.69, 9.17) is 0 Å². The first-order valence-corrected chi connectivity index (χ1v) is 5.92. The first-order chi connectivity index (χ1) is 10.0. The average Bonchev–Trinajstić information content (AvgIpc) is 2.46. The summed E-state index contributed by atoms with van der Waals surface area (Å²) < 4.78 is 26.3. The van der Waals surface area contributed by atoms with Gasteiger partial charge in [-0.25, -0.2) is 8.78 Å². The molecule has 108 valence electrons. The second kappa shape index (κ2) is 6.08. The Morgan fingerprint density at radius 3 is 2.57 bits per heavy atom. The van der Waals surface area contributed by atoms with Crippen molar-refractivity contribution in [2.45, 2.75) is 6.54 Å². The molecule has 21 heavy (non-hydrogen) atoms. The highest BCUT2D eigenvalue weighted by Gasteiger charge is 2.15. The van der Waals surface area contributed by atoms with Gasteiger partial charge in [0.2, 0.25) is 0 Å². The quantitative estimate of drug-likeness (QED) is 0.521. The van der Waals surface area contributed by atoms with E-state index in [0.717, 1.165) is 18.2 Å². The fourth-order valence-corrected chi connectivity index (χ4v) is 1.78. The van der Waals surface area contributed by atoms with Crippen molar-refractivity contribution in [1.82, 2.24) is 0 Å². The molecule has 0 aliphatic heterocycles. The minimum atomic E-state index is -0.741. The second-order valence-corrected chi connectivity index (χ2v) is 4.24. The van der Waals surface area contributed by atoms with Crippen LogP contribution in [0.1, 0.15) is 15.9 Å². The summed E-state index contributed by atoms with van der Waals surface area (Å²) in [6.07, 6.45) is 0.496. The zero-order valence-corrected chi connectivity index (χ0v) is 10.7. The molecule has 0 heterocycles. The predicted molar refractivity (Wildman–Crippen MR) is 72.2 cm³/mol. The number of nitrogens with one attached hydrogen (secondary N) is 1. The number of rotatable bonds is 5. The largest absolute Gasteiger partial charge is 0.375 e. The molecule has 0 aliphatic rings. The third kappa shape index (κ3) is 3.38. The van der Waals surface area contributed by atoms with Crippen molar-refractivity contribution in [2.75, 3.05) is 5.32 Å². The van der Waals surface area contributed by atoms with Crippen molar-refractivity contribution < 1.29 is 18.5 Å². The van der Waals surface area contributed by atoms with Crippen LogP contribution in [-0.4, -0.2) is 11.2 Å². The molecule has 2 rings (SSSR count). The van der Waals surface area contributed by atoms with Crippen molar-refractivity contribution in [2.24, 2.45) is 0 Å². The average molecular weight is 292 g/mol. The summed E-state index contributed by atoms with van der Waals surface area (Å²) in [5.41, 5.74) is 0.196.